The van der Waals surface area contributed by atoms with Crippen LogP contribution in [0.25, 0.3) is 0 Å². The Bertz CT molecular complexity index is 710. The van der Waals surface area contributed by atoms with E-state index >= 15 is 0 Å². The molecule has 4 unspecified atom stereocenters. The van der Waals surface area contributed by atoms with Crippen LogP contribution in [0.2, 0.25) is 0 Å². The van der Waals surface area contributed by atoms with E-state index in [0.29, 0.717) is 19.1 Å². The predicted octanol–water partition coefficient (Wildman–Crippen LogP) is 0.432. The number of halogens is 2. The van der Waals surface area contributed by atoms with Gasteiger partial charge >= 0.3 is 21.3 Å². The topological polar surface area (TPSA) is 127 Å². The van der Waals surface area contributed by atoms with Gasteiger partial charge in [0.1, 0.15) is 18.5 Å². The molecule has 2 N–H and O–H groups in total. The number of carbonyl (C=O) groups is 2. The first-order valence-corrected chi connectivity index (χ1v) is 9.17. The van der Waals surface area contributed by atoms with E-state index in [1.165, 1.54) is 0 Å². The van der Waals surface area contributed by atoms with E-state index in [1.807, 2.05) is 0 Å². The summed E-state index contributed by atoms with van der Waals surface area (Å²) in [6.07, 6.45) is 1.58. The van der Waals surface area contributed by atoms with E-state index in [4.69, 9.17) is 14.0 Å². The maximum Gasteiger partial charge on any atom is 0.465 e. The smallest absolute Gasteiger partial charge is 0.453 e. The van der Waals surface area contributed by atoms with Crippen LogP contribution in [0.5, 0.6) is 0 Å². The fourth-order valence-electron chi connectivity index (χ4n) is 5.06. The van der Waals surface area contributed by atoms with Crippen molar-refractivity contribution in [3.8, 4) is 0 Å². The van der Waals surface area contributed by atoms with Crippen LogP contribution >= 0.6 is 0 Å². The van der Waals surface area contributed by atoms with Crippen molar-refractivity contribution in [3.63, 3.8) is 0 Å². The highest BCUT2D eigenvalue weighted by Crippen LogP contribution is 2.62. The number of hydrogen-bond donors (Lipinski definition) is 2. The minimum atomic E-state index is -5.98. The summed E-state index contributed by atoms with van der Waals surface area (Å²) in [5.41, 5.74) is -3.83. The number of ether oxygens (including phenoxy) is 2. The van der Waals surface area contributed by atoms with E-state index in [2.05, 4.69) is 0 Å². The van der Waals surface area contributed by atoms with Crippen LogP contribution < -0.4 is 0 Å². The Hall–Kier alpha value is -1.17. The number of hydrogen-bond acceptors (Lipinski definition) is 7. The Morgan fingerprint density at radius 1 is 1.20 bits per heavy atom. The largest absolute Gasteiger partial charge is 0.465 e. The van der Waals surface area contributed by atoms with Crippen molar-refractivity contribution >= 4 is 22.4 Å². The molecule has 142 valence electrons. The normalized spacial score (nSPS) is 40.1. The second-order valence-electron chi connectivity index (χ2n) is 7.46. The number of aldehydes is 1. The van der Waals surface area contributed by atoms with Gasteiger partial charge in [0.25, 0.3) is 0 Å². The fraction of sp³-hybridized carbons (Fsp3) is 0.857. The second-order valence-corrected chi connectivity index (χ2v) is 8.92. The Morgan fingerprint density at radius 3 is 2.36 bits per heavy atom. The molecule has 11 heteroatoms. The summed E-state index contributed by atoms with van der Waals surface area (Å²) >= 11 is 0. The molecule has 8 nitrogen and oxygen atoms in total. The Balaban J connectivity index is 1.88. The number of carbonyl (C=O) groups excluding carboxylic acids is 2. The van der Waals surface area contributed by atoms with Gasteiger partial charge in [-0.3, -0.25) is 4.55 Å². The summed E-state index contributed by atoms with van der Waals surface area (Å²) in [4.78, 5) is 22.3. The highest BCUT2D eigenvalue weighted by Gasteiger charge is 2.67. The van der Waals surface area contributed by atoms with Crippen molar-refractivity contribution in [2.45, 2.75) is 60.6 Å². The van der Waals surface area contributed by atoms with Crippen molar-refractivity contribution in [1.29, 1.82) is 0 Å². The molecule has 0 heterocycles. The van der Waals surface area contributed by atoms with Crippen molar-refractivity contribution in [2.75, 3.05) is 6.61 Å². The second kappa shape index (κ2) is 5.41. The van der Waals surface area contributed by atoms with Crippen LogP contribution in [0.15, 0.2) is 0 Å². The summed E-state index contributed by atoms with van der Waals surface area (Å²) in [6.45, 7) is -0.256. The van der Waals surface area contributed by atoms with Gasteiger partial charge in [0, 0.05) is 19.3 Å². The zero-order valence-electron chi connectivity index (χ0n) is 13.1. The van der Waals surface area contributed by atoms with Crippen LogP contribution in [0.1, 0.15) is 38.5 Å². The molecule has 4 saturated carbocycles. The monoisotopic (exact) mass is 384 g/mol. The van der Waals surface area contributed by atoms with Gasteiger partial charge in [0.05, 0.1) is 11.2 Å². The van der Waals surface area contributed by atoms with Gasteiger partial charge in [-0.05, 0) is 25.2 Å². The first kappa shape index (κ1) is 18.6. The van der Waals surface area contributed by atoms with Gasteiger partial charge in [-0.1, -0.05) is 0 Å². The lowest BCUT2D eigenvalue weighted by atomic mass is 9.50. The molecule has 0 saturated heterocycles. The van der Waals surface area contributed by atoms with Crippen molar-refractivity contribution in [2.24, 2.45) is 5.92 Å². The molecule has 4 bridgehead atoms. The molecular weight excluding hydrogens is 366 g/mol. The van der Waals surface area contributed by atoms with Gasteiger partial charge in [-0.15, -0.1) is 0 Å². The lowest BCUT2D eigenvalue weighted by Gasteiger charge is -2.63. The number of esters is 1. The molecule has 4 aliphatic rings. The first-order chi connectivity index (χ1) is 11.3. The molecule has 25 heavy (non-hydrogen) atoms. The quantitative estimate of drug-likeness (QED) is 0.383. The van der Waals surface area contributed by atoms with E-state index in [9.17, 15) is 31.9 Å². The molecule has 4 fully saturated rings. The van der Waals surface area contributed by atoms with Crippen molar-refractivity contribution < 1.29 is 45.9 Å². The maximum absolute atomic E-state index is 13.5. The van der Waals surface area contributed by atoms with Gasteiger partial charge in [-0.25, -0.2) is 4.79 Å². The predicted molar refractivity (Wildman–Crippen MR) is 76.2 cm³/mol. The molecule has 0 aromatic heterocycles. The van der Waals surface area contributed by atoms with Crippen LogP contribution in [0, 0.1) is 5.92 Å². The molecule has 4 aliphatic carbocycles. The SMILES string of the molecule is O=CCOC12CC3CC(O)(C1)CC(OC(=O)C(F)(F)S(=O)(=O)O)(C3)C2. The van der Waals surface area contributed by atoms with E-state index in [1.54, 1.807) is 0 Å². The molecule has 0 aliphatic heterocycles. The Kier molecular flexibility index (Phi) is 4.03. The van der Waals surface area contributed by atoms with Gasteiger partial charge in [-0.2, -0.15) is 17.2 Å². The van der Waals surface area contributed by atoms with Crippen LogP contribution in [0.4, 0.5) is 8.78 Å². The van der Waals surface area contributed by atoms with E-state index in [0.717, 1.165) is 0 Å². The van der Waals surface area contributed by atoms with Gasteiger partial charge in [0.15, 0.2) is 0 Å². The van der Waals surface area contributed by atoms with Crippen LogP contribution in [0.3, 0.4) is 0 Å². The lowest BCUT2D eigenvalue weighted by molar-refractivity contribution is -0.275. The minimum absolute atomic E-state index is 0.0278. The summed E-state index contributed by atoms with van der Waals surface area (Å²) < 4.78 is 67.5. The van der Waals surface area contributed by atoms with Gasteiger partial charge in [0.2, 0.25) is 0 Å². The molecule has 0 aromatic carbocycles. The zero-order chi connectivity index (χ0) is 18.7. The third-order valence-electron chi connectivity index (χ3n) is 5.27. The van der Waals surface area contributed by atoms with E-state index < -0.39 is 38.1 Å². The van der Waals surface area contributed by atoms with Crippen LogP contribution in [-0.2, 0) is 29.2 Å². The minimum Gasteiger partial charge on any atom is -0.453 e. The standard InChI is InChI=1S/C14H18F2O8S/c15-14(16,25(20,21)22)10(18)24-13-5-9-3-11(19,7-13)6-12(4-9,8-13)23-2-1-17/h1,9,19H,2-8H2,(H,20,21,22). The molecular formula is C14H18F2O8S. The number of rotatable bonds is 6. The first-order valence-electron chi connectivity index (χ1n) is 7.73. The van der Waals surface area contributed by atoms with Crippen molar-refractivity contribution in [3.05, 3.63) is 0 Å². The summed E-state index contributed by atoms with van der Waals surface area (Å²) in [5.74, 6) is -2.56. The van der Waals surface area contributed by atoms with E-state index in [-0.39, 0.29) is 38.2 Å². The highest BCUT2D eigenvalue weighted by molar-refractivity contribution is 7.87. The third-order valence-corrected chi connectivity index (χ3v) is 6.08. The Morgan fingerprint density at radius 2 is 1.80 bits per heavy atom. The van der Waals surface area contributed by atoms with Gasteiger partial charge < -0.3 is 19.4 Å². The summed E-state index contributed by atoms with van der Waals surface area (Å²) in [5, 5.41) is 5.59. The lowest BCUT2D eigenvalue weighted by Crippen LogP contribution is -2.68. The molecule has 0 spiro atoms. The average Bonchev–Trinajstić information content (AvgIpc) is 2.40. The van der Waals surface area contributed by atoms with Crippen molar-refractivity contribution in [1.82, 2.24) is 0 Å². The molecule has 4 atom stereocenters. The van der Waals surface area contributed by atoms with Crippen LogP contribution in [-0.4, -0.2) is 59.0 Å². The number of aliphatic hydroxyl groups is 1. The molecule has 0 amide bonds. The summed E-state index contributed by atoms with van der Waals surface area (Å²) in [7, 11) is -5.98. The molecule has 0 radical (unpaired) electrons. The number of alkyl halides is 2. The zero-order valence-corrected chi connectivity index (χ0v) is 13.9. The molecule has 0 aromatic rings. The third kappa shape index (κ3) is 3.07. The molecule has 4 rings (SSSR count). The summed E-state index contributed by atoms with van der Waals surface area (Å²) in [6, 6.07) is 0. The highest BCUT2D eigenvalue weighted by atomic mass is 32.2. The fourth-order valence-corrected chi connectivity index (χ4v) is 5.31. The average molecular weight is 384 g/mol. The maximum atomic E-state index is 13.5. The Labute approximate surface area is 142 Å².